The Morgan fingerprint density at radius 3 is 2.50 bits per heavy atom. The molecule has 1 aromatic carbocycles. The maximum atomic E-state index is 5.54. The molecule has 0 saturated heterocycles. The lowest BCUT2D eigenvalue weighted by Crippen LogP contribution is -1.98. The van der Waals surface area contributed by atoms with Gasteiger partial charge in [0.15, 0.2) is 0 Å². The van der Waals surface area contributed by atoms with Gasteiger partial charge in [-0.3, -0.25) is 0 Å². The molecule has 12 heavy (non-hydrogen) atoms. The standard InChI is InChI=1S/C10H14OS/c1-3-11-10(12-2)9-7-5-4-6-8-9/h4-8,10H,3H2,1-2H3. The lowest BCUT2D eigenvalue weighted by atomic mass is 10.2. The normalized spacial score (nSPS) is 12.8. The van der Waals surface area contributed by atoms with E-state index < -0.39 is 0 Å². The highest BCUT2D eigenvalue weighted by molar-refractivity contribution is 7.98. The van der Waals surface area contributed by atoms with E-state index in [1.807, 2.05) is 25.1 Å². The maximum Gasteiger partial charge on any atom is 0.128 e. The van der Waals surface area contributed by atoms with Gasteiger partial charge in [-0.05, 0) is 18.7 Å². The van der Waals surface area contributed by atoms with Crippen LogP contribution >= 0.6 is 11.8 Å². The SMILES string of the molecule is CCOC(SC)c1ccccc1. The van der Waals surface area contributed by atoms with Gasteiger partial charge in [0.1, 0.15) is 5.44 Å². The van der Waals surface area contributed by atoms with Crippen LogP contribution in [0.4, 0.5) is 0 Å². The maximum absolute atomic E-state index is 5.54. The molecule has 0 aliphatic rings. The van der Waals surface area contributed by atoms with Gasteiger partial charge in [-0.25, -0.2) is 0 Å². The molecule has 1 unspecified atom stereocenters. The van der Waals surface area contributed by atoms with Crippen LogP contribution in [0.25, 0.3) is 0 Å². The van der Waals surface area contributed by atoms with E-state index in [9.17, 15) is 0 Å². The molecule has 1 rings (SSSR count). The largest absolute Gasteiger partial charge is 0.363 e. The second-order valence-electron chi connectivity index (χ2n) is 2.43. The van der Waals surface area contributed by atoms with Crippen molar-refractivity contribution >= 4 is 11.8 Å². The number of ether oxygens (including phenoxy) is 1. The van der Waals surface area contributed by atoms with Crippen molar-refractivity contribution in [3.05, 3.63) is 35.9 Å². The molecule has 2 heteroatoms. The van der Waals surface area contributed by atoms with Gasteiger partial charge in [0.25, 0.3) is 0 Å². The minimum atomic E-state index is 0.191. The third-order valence-corrected chi connectivity index (χ3v) is 2.44. The van der Waals surface area contributed by atoms with Crippen molar-refractivity contribution in [1.29, 1.82) is 0 Å². The summed E-state index contributed by atoms with van der Waals surface area (Å²) in [6.07, 6.45) is 2.06. The first kappa shape index (κ1) is 9.62. The van der Waals surface area contributed by atoms with E-state index >= 15 is 0 Å². The molecule has 0 saturated carbocycles. The van der Waals surface area contributed by atoms with E-state index in [2.05, 4.69) is 18.4 Å². The van der Waals surface area contributed by atoms with Gasteiger partial charge < -0.3 is 4.74 Å². The van der Waals surface area contributed by atoms with Crippen LogP contribution < -0.4 is 0 Å². The van der Waals surface area contributed by atoms with E-state index in [1.54, 1.807) is 11.8 Å². The molecule has 0 fully saturated rings. The fraction of sp³-hybridized carbons (Fsp3) is 0.400. The average Bonchev–Trinajstić information content (AvgIpc) is 2.15. The molecule has 0 heterocycles. The molecule has 1 nitrogen and oxygen atoms in total. The van der Waals surface area contributed by atoms with Gasteiger partial charge in [-0.2, -0.15) is 0 Å². The number of benzene rings is 1. The Morgan fingerprint density at radius 1 is 1.33 bits per heavy atom. The van der Waals surface area contributed by atoms with Crippen LogP contribution in [0, 0.1) is 0 Å². The molecular weight excluding hydrogens is 168 g/mol. The average molecular weight is 182 g/mol. The van der Waals surface area contributed by atoms with Gasteiger partial charge in [-0.1, -0.05) is 30.3 Å². The summed E-state index contributed by atoms with van der Waals surface area (Å²) in [6, 6.07) is 10.3. The third kappa shape index (κ3) is 2.54. The number of rotatable bonds is 4. The Morgan fingerprint density at radius 2 is 2.00 bits per heavy atom. The Labute approximate surface area is 78.1 Å². The summed E-state index contributed by atoms with van der Waals surface area (Å²) in [5.41, 5.74) is 1.43. The molecule has 1 aromatic rings. The van der Waals surface area contributed by atoms with Gasteiger partial charge in [-0.15, -0.1) is 11.8 Å². The lowest BCUT2D eigenvalue weighted by Gasteiger charge is -2.13. The smallest absolute Gasteiger partial charge is 0.128 e. The van der Waals surface area contributed by atoms with Crippen molar-refractivity contribution in [3.8, 4) is 0 Å². The van der Waals surface area contributed by atoms with Crippen LogP contribution in [-0.2, 0) is 4.74 Å². The summed E-state index contributed by atoms with van der Waals surface area (Å²) in [5.74, 6) is 0. The predicted molar refractivity (Wildman–Crippen MR) is 54.3 cm³/mol. The van der Waals surface area contributed by atoms with Crippen molar-refractivity contribution < 1.29 is 4.74 Å². The first-order valence-electron chi connectivity index (χ1n) is 4.07. The molecule has 0 radical (unpaired) electrons. The van der Waals surface area contributed by atoms with Crippen molar-refractivity contribution in [2.24, 2.45) is 0 Å². The Bertz CT molecular complexity index is 210. The summed E-state index contributed by atoms with van der Waals surface area (Å²) >= 11 is 1.73. The van der Waals surface area contributed by atoms with Crippen LogP contribution in [0.15, 0.2) is 30.3 Å². The van der Waals surface area contributed by atoms with Crippen LogP contribution in [0.5, 0.6) is 0 Å². The van der Waals surface area contributed by atoms with Gasteiger partial charge in [0.2, 0.25) is 0 Å². The minimum Gasteiger partial charge on any atom is -0.363 e. The zero-order valence-corrected chi connectivity index (χ0v) is 8.30. The highest BCUT2D eigenvalue weighted by Crippen LogP contribution is 2.26. The zero-order valence-electron chi connectivity index (χ0n) is 7.49. The molecular formula is C10H14OS. The second kappa shape index (κ2) is 5.22. The van der Waals surface area contributed by atoms with Gasteiger partial charge in [0, 0.05) is 6.61 Å². The zero-order chi connectivity index (χ0) is 8.81. The van der Waals surface area contributed by atoms with Crippen LogP contribution in [0.3, 0.4) is 0 Å². The first-order valence-corrected chi connectivity index (χ1v) is 5.36. The lowest BCUT2D eigenvalue weighted by molar-refractivity contribution is 0.126. The fourth-order valence-electron chi connectivity index (χ4n) is 1.06. The summed E-state index contributed by atoms with van der Waals surface area (Å²) in [7, 11) is 0. The summed E-state index contributed by atoms with van der Waals surface area (Å²) < 4.78 is 5.54. The van der Waals surface area contributed by atoms with E-state index in [1.165, 1.54) is 5.56 Å². The number of thioether (sulfide) groups is 1. The van der Waals surface area contributed by atoms with E-state index in [0.29, 0.717) is 0 Å². The van der Waals surface area contributed by atoms with Crippen molar-refractivity contribution in [1.82, 2.24) is 0 Å². The topological polar surface area (TPSA) is 9.23 Å². The van der Waals surface area contributed by atoms with Gasteiger partial charge in [0.05, 0.1) is 0 Å². The van der Waals surface area contributed by atoms with Crippen molar-refractivity contribution in [2.45, 2.75) is 12.4 Å². The van der Waals surface area contributed by atoms with Crippen LogP contribution in [0.2, 0.25) is 0 Å². The molecule has 0 amide bonds. The molecule has 0 aliphatic heterocycles. The third-order valence-electron chi connectivity index (χ3n) is 1.60. The van der Waals surface area contributed by atoms with Crippen molar-refractivity contribution in [2.75, 3.05) is 12.9 Å². The Balaban J connectivity index is 2.66. The first-order chi connectivity index (χ1) is 5.88. The minimum absolute atomic E-state index is 0.191. The highest BCUT2D eigenvalue weighted by atomic mass is 32.2. The van der Waals surface area contributed by atoms with E-state index in [-0.39, 0.29) is 5.44 Å². The summed E-state index contributed by atoms with van der Waals surface area (Å²) in [6.45, 7) is 2.78. The number of hydrogen-bond acceptors (Lipinski definition) is 2. The van der Waals surface area contributed by atoms with Crippen molar-refractivity contribution in [3.63, 3.8) is 0 Å². The number of hydrogen-bond donors (Lipinski definition) is 0. The quantitative estimate of drug-likeness (QED) is 0.662. The van der Waals surface area contributed by atoms with E-state index in [4.69, 9.17) is 4.74 Å². The molecule has 0 spiro atoms. The molecule has 66 valence electrons. The molecule has 0 bridgehead atoms. The molecule has 0 N–H and O–H groups in total. The molecule has 1 atom stereocenters. The predicted octanol–water partition coefficient (Wildman–Crippen LogP) is 3.08. The monoisotopic (exact) mass is 182 g/mol. The molecule has 0 aromatic heterocycles. The van der Waals surface area contributed by atoms with Gasteiger partial charge >= 0.3 is 0 Å². The fourth-order valence-corrected chi connectivity index (χ4v) is 1.76. The van der Waals surface area contributed by atoms with Crippen LogP contribution in [-0.4, -0.2) is 12.9 Å². The summed E-state index contributed by atoms with van der Waals surface area (Å²) in [4.78, 5) is 0. The Kier molecular flexibility index (Phi) is 4.19. The Hall–Kier alpha value is -0.470. The second-order valence-corrected chi connectivity index (χ2v) is 3.33. The van der Waals surface area contributed by atoms with Crippen LogP contribution in [0.1, 0.15) is 17.9 Å². The molecule has 0 aliphatic carbocycles. The van der Waals surface area contributed by atoms with E-state index in [0.717, 1.165) is 6.61 Å². The summed E-state index contributed by atoms with van der Waals surface area (Å²) in [5, 5.41) is 0. The highest BCUT2D eigenvalue weighted by Gasteiger charge is 2.07.